The maximum Gasteiger partial charge on any atom is 0.416 e. The number of benzene rings is 2. The van der Waals surface area contributed by atoms with E-state index in [4.69, 9.17) is 23.2 Å². The maximum absolute atomic E-state index is 13.3. The first kappa shape index (κ1) is 20.9. The lowest BCUT2D eigenvalue weighted by Gasteiger charge is -2.38. The van der Waals surface area contributed by atoms with Gasteiger partial charge in [0.2, 0.25) is 5.91 Å². The van der Waals surface area contributed by atoms with E-state index in [-0.39, 0.29) is 22.9 Å². The molecule has 0 spiro atoms. The molecule has 0 N–H and O–H groups in total. The van der Waals surface area contributed by atoms with Crippen LogP contribution in [-0.4, -0.2) is 11.7 Å². The number of anilines is 1. The number of hydrogen-bond donors (Lipinski definition) is 0. The summed E-state index contributed by atoms with van der Waals surface area (Å²) in [7, 11) is 0. The summed E-state index contributed by atoms with van der Waals surface area (Å²) in [6, 6.07) is 9.80. The monoisotopic (exact) mass is 453 g/mol. The van der Waals surface area contributed by atoms with Gasteiger partial charge in [0.05, 0.1) is 16.3 Å². The average Bonchev–Trinajstić information content (AvgIpc) is 2.67. The molecule has 1 atom stereocenters. The average molecular weight is 454 g/mol. The third-order valence-corrected chi connectivity index (χ3v) is 6.00. The minimum atomic E-state index is -4.58. The normalized spacial score (nSPS) is 19.9. The standard InChI is InChI=1S/C22H16Cl2F3NO2/c23-14-4-1-3-12(9-14)15-11-20(30)28(17-5-2-6-19(29)21(15)17)18-10-13(22(25,26)27)7-8-16(18)24/h1,3-4,7-10,15H,2,5-6,11H2. The quantitative estimate of drug-likeness (QED) is 0.517. The predicted molar refractivity (Wildman–Crippen MR) is 109 cm³/mol. The number of alkyl halides is 3. The van der Waals surface area contributed by atoms with Crippen LogP contribution in [0.15, 0.2) is 53.7 Å². The van der Waals surface area contributed by atoms with Crippen molar-refractivity contribution in [2.75, 3.05) is 4.90 Å². The zero-order valence-corrected chi connectivity index (χ0v) is 17.1. The fourth-order valence-electron chi connectivity index (χ4n) is 4.14. The highest BCUT2D eigenvalue weighted by molar-refractivity contribution is 6.34. The molecule has 1 unspecified atom stereocenters. The van der Waals surface area contributed by atoms with Crippen LogP contribution in [0.2, 0.25) is 10.0 Å². The van der Waals surface area contributed by atoms with Gasteiger partial charge in [-0.05, 0) is 48.7 Å². The summed E-state index contributed by atoms with van der Waals surface area (Å²) in [5.74, 6) is -1.00. The second-order valence-electron chi connectivity index (χ2n) is 7.34. The Balaban J connectivity index is 1.89. The van der Waals surface area contributed by atoms with Crippen molar-refractivity contribution in [2.24, 2.45) is 0 Å². The van der Waals surface area contributed by atoms with E-state index in [2.05, 4.69) is 0 Å². The summed E-state index contributed by atoms with van der Waals surface area (Å²) in [6.45, 7) is 0. The fourth-order valence-corrected chi connectivity index (χ4v) is 4.54. The van der Waals surface area contributed by atoms with Crippen molar-refractivity contribution in [3.63, 3.8) is 0 Å². The molecule has 0 saturated heterocycles. The molecular formula is C22H16Cl2F3NO2. The third kappa shape index (κ3) is 3.74. The highest BCUT2D eigenvalue weighted by Gasteiger charge is 2.41. The lowest BCUT2D eigenvalue weighted by atomic mass is 9.77. The predicted octanol–water partition coefficient (Wildman–Crippen LogP) is 6.54. The van der Waals surface area contributed by atoms with Gasteiger partial charge in [-0.25, -0.2) is 0 Å². The molecule has 0 aromatic heterocycles. The molecule has 0 radical (unpaired) electrons. The first-order chi connectivity index (χ1) is 14.2. The van der Waals surface area contributed by atoms with Crippen LogP contribution in [0.3, 0.4) is 0 Å². The van der Waals surface area contributed by atoms with Crippen LogP contribution >= 0.6 is 23.2 Å². The van der Waals surface area contributed by atoms with Crippen LogP contribution in [0.25, 0.3) is 0 Å². The summed E-state index contributed by atoms with van der Waals surface area (Å²) in [6.07, 6.45) is -3.40. The second-order valence-corrected chi connectivity index (χ2v) is 8.19. The molecule has 1 aliphatic heterocycles. The molecule has 2 aliphatic rings. The minimum absolute atomic E-state index is 0.0161. The molecule has 1 aliphatic carbocycles. The highest BCUT2D eigenvalue weighted by Crippen LogP contribution is 2.46. The van der Waals surface area contributed by atoms with E-state index in [1.165, 1.54) is 4.90 Å². The second kappa shape index (κ2) is 7.75. The molecule has 0 saturated carbocycles. The molecule has 0 bridgehead atoms. The summed E-state index contributed by atoms with van der Waals surface area (Å²) >= 11 is 12.3. The molecule has 4 rings (SSSR count). The van der Waals surface area contributed by atoms with Crippen molar-refractivity contribution in [1.29, 1.82) is 0 Å². The van der Waals surface area contributed by atoms with Gasteiger partial charge in [-0.2, -0.15) is 13.2 Å². The highest BCUT2D eigenvalue weighted by atomic mass is 35.5. The van der Waals surface area contributed by atoms with Crippen molar-refractivity contribution in [2.45, 2.75) is 37.8 Å². The van der Waals surface area contributed by atoms with E-state index in [9.17, 15) is 22.8 Å². The van der Waals surface area contributed by atoms with Crippen LogP contribution in [0.1, 0.15) is 42.7 Å². The zero-order valence-electron chi connectivity index (χ0n) is 15.6. The van der Waals surface area contributed by atoms with Gasteiger partial charge in [-0.1, -0.05) is 35.3 Å². The van der Waals surface area contributed by atoms with Crippen molar-refractivity contribution >= 4 is 40.6 Å². The minimum Gasteiger partial charge on any atom is -0.294 e. The van der Waals surface area contributed by atoms with Crippen molar-refractivity contribution in [3.8, 4) is 0 Å². The fraction of sp³-hybridized carbons (Fsp3) is 0.273. The number of nitrogens with zero attached hydrogens (tertiary/aromatic N) is 1. The molecule has 8 heteroatoms. The number of halogens is 5. The Morgan fingerprint density at radius 3 is 2.47 bits per heavy atom. The molecule has 2 aromatic carbocycles. The summed E-state index contributed by atoms with van der Waals surface area (Å²) in [5.41, 5.74) is 0.651. The number of ketones is 1. The SMILES string of the molecule is O=C1CCCC2=C1C(c1cccc(Cl)c1)CC(=O)N2c1cc(C(F)(F)F)ccc1Cl. The smallest absolute Gasteiger partial charge is 0.294 e. The number of carbonyl (C=O) groups is 2. The first-order valence-corrected chi connectivity index (χ1v) is 10.1. The van der Waals surface area contributed by atoms with Gasteiger partial charge in [0.15, 0.2) is 5.78 Å². The number of allylic oxidation sites excluding steroid dienone is 2. The molecule has 0 fully saturated rings. The zero-order chi connectivity index (χ0) is 21.6. The first-order valence-electron chi connectivity index (χ1n) is 9.38. The van der Waals surface area contributed by atoms with Crippen molar-refractivity contribution in [3.05, 3.63) is 74.9 Å². The Kier molecular flexibility index (Phi) is 5.41. The summed E-state index contributed by atoms with van der Waals surface area (Å²) in [5, 5.41) is 0.496. The van der Waals surface area contributed by atoms with Crippen LogP contribution in [0.5, 0.6) is 0 Å². The Morgan fingerprint density at radius 1 is 1.00 bits per heavy atom. The van der Waals surface area contributed by atoms with Crippen molar-refractivity contribution in [1.82, 2.24) is 0 Å². The van der Waals surface area contributed by atoms with Gasteiger partial charge in [-0.3, -0.25) is 14.5 Å². The van der Waals surface area contributed by atoms with Crippen molar-refractivity contribution < 1.29 is 22.8 Å². The van der Waals surface area contributed by atoms with E-state index in [1.807, 2.05) is 0 Å². The summed E-state index contributed by atoms with van der Waals surface area (Å²) < 4.78 is 39.8. The van der Waals surface area contributed by atoms with Gasteiger partial charge in [0.25, 0.3) is 0 Å². The van der Waals surface area contributed by atoms with E-state index >= 15 is 0 Å². The van der Waals surface area contributed by atoms with Gasteiger partial charge in [0, 0.05) is 35.1 Å². The number of amides is 1. The van der Waals surface area contributed by atoms with Crippen LogP contribution in [-0.2, 0) is 15.8 Å². The van der Waals surface area contributed by atoms with E-state index in [1.54, 1.807) is 24.3 Å². The van der Waals surface area contributed by atoms with E-state index < -0.39 is 23.6 Å². The Bertz CT molecular complexity index is 1080. The van der Waals surface area contributed by atoms with Crippen LogP contribution < -0.4 is 4.90 Å². The molecule has 1 heterocycles. The van der Waals surface area contributed by atoms with Crippen LogP contribution in [0, 0.1) is 0 Å². The van der Waals surface area contributed by atoms with Gasteiger partial charge in [0.1, 0.15) is 0 Å². The lowest BCUT2D eigenvalue weighted by molar-refractivity contribution is -0.137. The number of Topliss-reactive ketones (excluding diaryl/α,β-unsaturated/α-hetero) is 1. The maximum atomic E-state index is 13.3. The Hall–Kier alpha value is -2.31. The number of hydrogen-bond acceptors (Lipinski definition) is 2. The molecular weight excluding hydrogens is 438 g/mol. The van der Waals surface area contributed by atoms with Gasteiger partial charge < -0.3 is 0 Å². The molecule has 1 amide bonds. The lowest BCUT2D eigenvalue weighted by Crippen LogP contribution is -2.40. The largest absolute Gasteiger partial charge is 0.416 e. The summed E-state index contributed by atoms with van der Waals surface area (Å²) in [4.78, 5) is 27.2. The topological polar surface area (TPSA) is 37.4 Å². The molecule has 3 nitrogen and oxygen atoms in total. The molecule has 2 aromatic rings. The Labute approximate surface area is 181 Å². The van der Waals surface area contributed by atoms with Gasteiger partial charge >= 0.3 is 6.18 Å². The van der Waals surface area contributed by atoms with Gasteiger partial charge in [-0.15, -0.1) is 0 Å². The number of carbonyl (C=O) groups excluding carboxylic acids is 2. The number of rotatable bonds is 2. The Morgan fingerprint density at radius 2 is 1.77 bits per heavy atom. The van der Waals surface area contributed by atoms with Crippen LogP contribution in [0.4, 0.5) is 18.9 Å². The van der Waals surface area contributed by atoms with E-state index in [0.717, 1.165) is 23.8 Å². The van der Waals surface area contributed by atoms with E-state index in [0.29, 0.717) is 35.6 Å². The molecule has 156 valence electrons. The third-order valence-electron chi connectivity index (χ3n) is 5.44. The molecule has 30 heavy (non-hydrogen) atoms.